The second-order valence-corrected chi connectivity index (χ2v) is 12.9. The third-order valence-corrected chi connectivity index (χ3v) is 8.72. The molecule has 1 aliphatic heterocycles. The van der Waals surface area contributed by atoms with Gasteiger partial charge in [-0.2, -0.15) is 4.98 Å². The summed E-state index contributed by atoms with van der Waals surface area (Å²) in [5, 5.41) is 7.86. The minimum Gasteiger partial charge on any atom is -0.493 e. The molecule has 0 radical (unpaired) electrons. The fourth-order valence-corrected chi connectivity index (χ4v) is 5.71. The number of aryl methyl sites for hydroxylation is 1. The standard InChI is InChI=1S/C38H42F4N6O5/c1-5-22(2)44-34(49)13-9-23-8-11-32(33(15-23)51-4)53-37-27(36(50)46-35-29(41)16-25(39)17-30(35)42)19-43-38(47-37)45-26-10-12-31(28(40)18-26)52-21-24-7-6-14-48(3)20-24/h8,10-12,15-19,22,24H,5-7,9,13-14,20-21H2,1-4H3,(H,44,49)(H,46,50)(H,43,45,47)/t22-,24?/m1/s1. The zero-order valence-corrected chi connectivity index (χ0v) is 29.9. The number of rotatable bonds is 15. The van der Waals surface area contributed by atoms with Gasteiger partial charge in [-0.1, -0.05) is 13.0 Å². The summed E-state index contributed by atoms with van der Waals surface area (Å²) >= 11 is 0. The number of piperidine rings is 1. The van der Waals surface area contributed by atoms with Crippen molar-refractivity contribution in [3.05, 3.63) is 89.1 Å². The van der Waals surface area contributed by atoms with Gasteiger partial charge in [0.25, 0.3) is 5.91 Å². The topological polar surface area (TPSA) is 127 Å². The normalized spacial score (nSPS) is 15.0. The Balaban J connectivity index is 1.38. The number of halogens is 4. The van der Waals surface area contributed by atoms with Crippen molar-refractivity contribution in [2.24, 2.45) is 5.92 Å². The van der Waals surface area contributed by atoms with Crippen LogP contribution in [0.25, 0.3) is 0 Å². The maximum Gasteiger partial charge on any atom is 0.262 e. The molecule has 1 unspecified atom stereocenters. The van der Waals surface area contributed by atoms with Crippen molar-refractivity contribution in [3.8, 4) is 23.1 Å². The number of anilines is 3. The van der Waals surface area contributed by atoms with E-state index in [1.54, 1.807) is 24.3 Å². The smallest absolute Gasteiger partial charge is 0.262 e. The summed E-state index contributed by atoms with van der Waals surface area (Å²) < 4.78 is 74.8. The molecule has 0 spiro atoms. The molecule has 53 heavy (non-hydrogen) atoms. The molecule has 0 aliphatic carbocycles. The zero-order chi connectivity index (χ0) is 38.1. The molecule has 1 aromatic heterocycles. The molecule has 4 aromatic rings. The van der Waals surface area contributed by atoms with E-state index in [1.807, 2.05) is 20.9 Å². The van der Waals surface area contributed by atoms with Crippen LogP contribution in [0.5, 0.6) is 23.1 Å². The Morgan fingerprint density at radius 2 is 1.75 bits per heavy atom. The Hall–Kier alpha value is -5.44. The molecule has 1 fully saturated rings. The largest absolute Gasteiger partial charge is 0.493 e. The van der Waals surface area contributed by atoms with Gasteiger partial charge in [-0.3, -0.25) is 9.59 Å². The van der Waals surface area contributed by atoms with Gasteiger partial charge >= 0.3 is 0 Å². The van der Waals surface area contributed by atoms with Crippen LogP contribution in [-0.4, -0.2) is 66.6 Å². The van der Waals surface area contributed by atoms with E-state index >= 15 is 4.39 Å². The summed E-state index contributed by atoms with van der Waals surface area (Å²) in [5.74, 6) is -5.38. The van der Waals surface area contributed by atoms with Gasteiger partial charge in [0.1, 0.15) is 17.1 Å². The number of methoxy groups -OCH3 is 1. The molecule has 2 amide bonds. The predicted octanol–water partition coefficient (Wildman–Crippen LogP) is 7.40. The molecule has 3 N–H and O–H groups in total. The van der Waals surface area contributed by atoms with Gasteiger partial charge in [0.05, 0.1) is 13.7 Å². The van der Waals surface area contributed by atoms with E-state index in [0.29, 0.717) is 31.1 Å². The fraction of sp³-hybridized carbons (Fsp3) is 0.368. The quantitative estimate of drug-likeness (QED) is 0.107. The van der Waals surface area contributed by atoms with Crippen LogP contribution in [0.3, 0.4) is 0 Å². The van der Waals surface area contributed by atoms with Gasteiger partial charge in [0, 0.05) is 55.0 Å². The monoisotopic (exact) mass is 738 g/mol. The summed E-state index contributed by atoms with van der Waals surface area (Å²) in [6, 6.07) is 10.1. The summed E-state index contributed by atoms with van der Waals surface area (Å²) in [4.78, 5) is 36.4. The number of amides is 2. The van der Waals surface area contributed by atoms with E-state index in [1.165, 1.54) is 19.2 Å². The maximum atomic E-state index is 15.1. The lowest BCUT2D eigenvalue weighted by molar-refractivity contribution is -0.121. The Morgan fingerprint density at radius 3 is 2.45 bits per heavy atom. The van der Waals surface area contributed by atoms with Gasteiger partial charge in [-0.25, -0.2) is 22.5 Å². The molecule has 0 saturated carbocycles. The van der Waals surface area contributed by atoms with Crippen LogP contribution < -0.4 is 30.2 Å². The predicted molar refractivity (Wildman–Crippen MR) is 191 cm³/mol. The molecular formula is C38H42F4N6O5. The number of nitrogens with zero attached hydrogens (tertiary/aromatic N) is 3. The third kappa shape index (κ3) is 10.6. The zero-order valence-electron chi connectivity index (χ0n) is 29.9. The number of hydrogen-bond donors (Lipinski definition) is 3. The Bertz CT molecular complexity index is 1910. The first-order valence-corrected chi connectivity index (χ1v) is 17.3. The van der Waals surface area contributed by atoms with E-state index in [-0.39, 0.29) is 58.7 Å². The molecule has 0 bridgehead atoms. The van der Waals surface area contributed by atoms with Crippen molar-refractivity contribution in [2.45, 2.75) is 52.0 Å². The molecule has 3 aromatic carbocycles. The van der Waals surface area contributed by atoms with Crippen molar-refractivity contribution in [3.63, 3.8) is 0 Å². The second-order valence-electron chi connectivity index (χ2n) is 12.9. The first-order chi connectivity index (χ1) is 25.4. The number of hydrogen-bond acceptors (Lipinski definition) is 9. The highest BCUT2D eigenvalue weighted by Gasteiger charge is 2.23. The first-order valence-electron chi connectivity index (χ1n) is 17.3. The lowest BCUT2D eigenvalue weighted by Crippen LogP contribution is -2.34. The summed E-state index contributed by atoms with van der Waals surface area (Å²) in [6.07, 6.45) is 4.55. The number of nitrogens with one attached hydrogen (secondary N) is 3. The highest BCUT2D eigenvalue weighted by molar-refractivity contribution is 6.06. The van der Waals surface area contributed by atoms with E-state index in [4.69, 9.17) is 14.2 Å². The van der Waals surface area contributed by atoms with Gasteiger partial charge in [-0.05, 0) is 76.0 Å². The van der Waals surface area contributed by atoms with Crippen LogP contribution in [0.4, 0.5) is 34.9 Å². The van der Waals surface area contributed by atoms with Crippen molar-refractivity contribution < 1.29 is 41.4 Å². The minimum atomic E-state index is -1.34. The number of carbonyl (C=O) groups is 2. The van der Waals surface area contributed by atoms with Crippen molar-refractivity contribution in [1.82, 2.24) is 20.2 Å². The van der Waals surface area contributed by atoms with E-state index < -0.39 is 34.9 Å². The number of benzene rings is 3. The van der Waals surface area contributed by atoms with E-state index in [2.05, 4.69) is 30.8 Å². The summed E-state index contributed by atoms with van der Waals surface area (Å²) in [5.41, 5.74) is -0.226. The average molecular weight is 739 g/mol. The highest BCUT2D eigenvalue weighted by Crippen LogP contribution is 2.35. The minimum absolute atomic E-state index is 0.0496. The molecule has 1 aliphatic rings. The Morgan fingerprint density at radius 1 is 1.00 bits per heavy atom. The molecule has 1 saturated heterocycles. The van der Waals surface area contributed by atoms with E-state index in [0.717, 1.165) is 44.1 Å². The van der Waals surface area contributed by atoms with Crippen LogP contribution in [0, 0.1) is 29.2 Å². The number of likely N-dealkylation sites (tertiary alicyclic amines) is 1. The molecule has 11 nitrogen and oxygen atoms in total. The number of aromatic nitrogens is 2. The Labute approximate surface area is 305 Å². The third-order valence-electron chi connectivity index (χ3n) is 8.72. The molecular weight excluding hydrogens is 696 g/mol. The second kappa shape index (κ2) is 17.9. The molecule has 15 heteroatoms. The summed E-state index contributed by atoms with van der Waals surface area (Å²) in [7, 11) is 3.44. The van der Waals surface area contributed by atoms with Crippen LogP contribution in [-0.2, 0) is 11.2 Å². The average Bonchev–Trinajstić information content (AvgIpc) is 3.12. The number of ether oxygens (including phenoxy) is 3. The maximum absolute atomic E-state index is 15.1. The van der Waals surface area contributed by atoms with Gasteiger partial charge in [-0.15, -0.1) is 0 Å². The Kier molecular flexibility index (Phi) is 13.1. The fourth-order valence-electron chi connectivity index (χ4n) is 5.71. The first kappa shape index (κ1) is 38.8. The van der Waals surface area contributed by atoms with Gasteiger partial charge < -0.3 is 35.1 Å². The highest BCUT2D eigenvalue weighted by atomic mass is 19.1. The summed E-state index contributed by atoms with van der Waals surface area (Å²) in [6.45, 7) is 6.17. The van der Waals surface area contributed by atoms with Crippen LogP contribution >= 0.6 is 0 Å². The van der Waals surface area contributed by atoms with Crippen LogP contribution in [0.15, 0.2) is 54.7 Å². The van der Waals surface area contributed by atoms with Crippen LogP contribution in [0.2, 0.25) is 0 Å². The molecule has 2 heterocycles. The lowest BCUT2D eigenvalue weighted by Gasteiger charge is -2.29. The van der Waals surface area contributed by atoms with Crippen molar-refractivity contribution in [1.29, 1.82) is 0 Å². The molecule has 5 rings (SSSR count). The molecule has 282 valence electrons. The van der Waals surface area contributed by atoms with Gasteiger partial charge in [0.15, 0.2) is 34.7 Å². The molecule has 2 atom stereocenters. The van der Waals surface area contributed by atoms with Crippen LogP contribution in [0.1, 0.15) is 55.5 Å². The number of carbonyl (C=O) groups excluding carboxylic acids is 2. The lowest BCUT2D eigenvalue weighted by atomic mass is 10.00. The van der Waals surface area contributed by atoms with Crippen molar-refractivity contribution >= 4 is 29.1 Å². The van der Waals surface area contributed by atoms with E-state index in [9.17, 15) is 22.8 Å². The SMILES string of the molecule is CC[C@@H](C)NC(=O)CCc1ccc(Oc2nc(Nc3ccc(OCC4CCCN(C)C4)c(F)c3)ncc2C(=O)Nc2c(F)cc(F)cc2F)c(OC)c1. The van der Waals surface area contributed by atoms with Gasteiger partial charge in [0.2, 0.25) is 17.7 Å². The van der Waals surface area contributed by atoms with Crippen molar-refractivity contribution in [2.75, 3.05) is 44.5 Å².